The van der Waals surface area contributed by atoms with E-state index in [2.05, 4.69) is 25.6 Å². The number of alkyl halides is 3. The Labute approximate surface area is 191 Å². The third-order valence-electron chi connectivity index (χ3n) is 4.75. The number of amides is 1. The van der Waals surface area contributed by atoms with Crippen LogP contribution < -0.4 is 20.1 Å². The number of aromatic nitrogens is 3. The van der Waals surface area contributed by atoms with Crippen LogP contribution in [0.3, 0.4) is 0 Å². The van der Waals surface area contributed by atoms with E-state index in [1.54, 1.807) is 24.3 Å². The maximum Gasteiger partial charge on any atom is 0.416 e. The first-order valence-corrected chi connectivity index (χ1v) is 9.92. The van der Waals surface area contributed by atoms with Gasteiger partial charge in [-0.3, -0.25) is 9.78 Å². The summed E-state index contributed by atoms with van der Waals surface area (Å²) in [6.07, 6.45) is -1.52. The van der Waals surface area contributed by atoms with Gasteiger partial charge in [0.05, 0.1) is 23.9 Å². The van der Waals surface area contributed by atoms with Crippen molar-refractivity contribution in [3.05, 3.63) is 72.2 Å². The molecule has 0 aliphatic rings. The summed E-state index contributed by atoms with van der Waals surface area (Å²) in [6.45, 7) is 0. The van der Waals surface area contributed by atoms with Crippen molar-refractivity contribution in [2.75, 3.05) is 19.5 Å². The Bertz CT molecular complexity index is 1360. The Morgan fingerprint density at radius 1 is 1.00 bits per heavy atom. The van der Waals surface area contributed by atoms with Crippen LogP contribution in [0.5, 0.6) is 17.2 Å². The van der Waals surface area contributed by atoms with Gasteiger partial charge in [0.25, 0.3) is 5.91 Å². The molecule has 0 saturated heterocycles. The van der Waals surface area contributed by atoms with Crippen molar-refractivity contribution in [2.45, 2.75) is 6.18 Å². The summed E-state index contributed by atoms with van der Waals surface area (Å²) in [5.74, 6) is 0.876. The van der Waals surface area contributed by atoms with Gasteiger partial charge in [-0.15, -0.1) is 0 Å². The van der Waals surface area contributed by atoms with E-state index in [0.717, 1.165) is 12.1 Å². The first-order chi connectivity index (χ1) is 16.3. The molecule has 0 saturated carbocycles. The molecule has 4 rings (SSSR count). The van der Waals surface area contributed by atoms with Crippen LogP contribution in [0.4, 0.5) is 24.8 Å². The van der Waals surface area contributed by atoms with Crippen molar-refractivity contribution in [2.24, 2.45) is 0 Å². The summed E-state index contributed by atoms with van der Waals surface area (Å²) in [5, 5.41) is 5.91. The second-order valence-electron chi connectivity index (χ2n) is 7.01. The smallest absolute Gasteiger partial charge is 0.416 e. The zero-order valence-corrected chi connectivity index (χ0v) is 18.0. The number of ether oxygens (including phenoxy) is 2. The van der Waals surface area contributed by atoms with Gasteiger partial charge >= 0.3 is 6.18 Å². The van der Waals surface area contributed by atoms with Crippen molar-refractivity contribution in [3.63, 3.8) is 0 Å². The highest BCUT2D eigenvalue weighted by Gasteiger charge is 2.31. The number of carbonyl (C=O) groups excluding carboxylic acids is 1. The molecule has 0 spiro atoms. The number of hydrogen-bond donors (Lipinski definition) is 2. The van der Waals surface area contributed by atoms with E-state index < -0.39 is 11.7 Å². The lowest BCUT2D eigenvalue weighted by molar-refractivity contribution is -0.137. The van der Waals surface area contributed by atoms with Crippen LogP contribution in [0.15, 0.2) is 60.9 Å². The summed E-state index contributed by atoms with van der Waals surface area (Å²) in [5.41, 5.74) is 0.0109. The van der Waals surface area contributed by atoms with Crippen molar-refractivity contribution < 1.29 is 27.4 Å². The Balaban J connectivity index is 1.57. The van der Waals surface area contributed by atoms with E-state index in [-0.39, 0.29) is 29.0 Å². The number of rotatable bonds is 6. The average Bonchev–Trinajstić information content (AvgIpc) is 2.83. The van der Waals surface area contributed by atoms with E-state index in [1.165, 1.54) is 38.7 Å². The number of pyridine rings is 1. The highest BCUT2D eigenvalue weighted by molar-refractivity contribution is 5.92. The number of nitrogens with zero attached hydrogens (tertiary/aromatic N) is 3. The van der Waals surface area contributed by atoms with Gasteiger partial charge in [0.1, 0.15) is 22.9 Å². The zero-order valence-electron chi connectivity index (χ0n) is 18.0. The van der Waals surface area contributed by atoms with Gasteiger partial charge in [0.2, 0.25) is 5.95 Å². The second-order valence-corrected chi connectivity index (χ2v) is 7.01. The molecule has 174 valence electrons. The second kappa shape index (κ2) is 9.22. The first kappa shape index (κ1) is 22.8. The van der Waals surface area contributed by atoms with Crippen molar-refractivity contribution in [3.8, 4) is 17.2 Å². The van der Waals surface area contributed by atoms with Crippen LogP contribution in [0.25, 0.3) is 10.9 Å². The summed E-state index contributed by atoms with van der Waals surface area (Å²) in [4.78, 5) is 24.3. The summed E-state index contributed by atoms with van der Waals surface area (Å²) >= 11 is 0. The number of methoxy groups -OCH3 is 1. The van der Waals surface area contributed by atoms with E-state index in [0.29, 0.717) is 22.4 Å². The number of fused-ring (bicyclic) bond motifs is 1. The van der Waals surface area contributed by atoms with Crippen LogP contribution in [-0.2, 0) is 6.18 Å². The summed E-state index contributed by atoms with van der Waals surface area (Å²) < 4.78 is 50.2. The Morgan fingerprint density at radius 2 is 1.79 bits per heavy atom. The topological polar surface area (TPSA) is 98.3 Å². The molecule has 4 aromatic rings. The van der Waals surface area contributed by atoms with Crippen molar-refractivity contribution in [1.82, 2.24) is 20.3 Å². The molecule has 34 heavy (non-hydrogen) atoms. The minimum Gasteiger partial charge on any atom is -0.495 e. The molecule has 2 aromatic carbocycles. The van der Waals surface area contributed by atoms with Gasteiger partial charge in [-0.1, -0.05) is 0 Å². The molecule has 0 radical (unpaired) electrons. The largest absolute Gasteiger partial charge is 0.495 e. The molecule has 0 unspecified atom stereocenters. The molecule has 0 fully saturated rings. The van der Waals surface area contributed by atoms with Gasteiger partial charge in [-0.05, 0) is 42.5 Å². The normalized spacial score (nSPS) is 11.2. The fraction of sp³-hybridized carbons (Fsp3) is 0.130. The molecule has 2 heterocycles. The number of carbonyl (C=O) groups is 1. The number of benzene rings is 2. The van der Waals surface area contributed by atoms with E-state index in [1.807, 2.05) is 0 Å². The fourth-order valence-electron chi connectivity index (χ4n) is 3.10. The molecule has 8 nitrogen and oxygen atoms in total. The molecule has 11 heteroatoms. The van der Waals surface area contributed by atoms with Gasteiger partial charge in [0.15, 0.2) is 0 Å². The highest BCUT2D eigenvalue weighted by atomic mass is 19.4. The Kier molecular flexibility index (Phi) is 6.17. The SMILES string of the molecule is CNC(=O)c1cc(Oc2ccc3nc(Nc4cc(C(F)(F)F)ccc4OC)ncc3c2)ccn1. The molecule has 1 amide bonds. The standard InChI is InChI=1S/C23H18F3N5O3/c1-27-21(32)19-11-16(7-8-28-19)34-15-4-5-17-13(9-15)12-29-22(30-17)31-18-10-14(23(24,25)26)3-6-20(18)33-2/h3-12H,1-2H3,(H,27,32)(H,29,30,31). The van der Waals surface area contributed by atoms with Crippen LogP contribution >= 0.6 is 0 Å². The predicted octanol–water partition coefficient (Wildman–Crippen LogP) is 4.95. The quantitative estimate of drug-likeness (QED) is 0.412. The van der Waals surface area contributed by atoms with E-state index in [4.69, 9.17) is 9.47 Å². The minimum atomic E-state index is -4.50. The summed E-state index contributed by atoms with van der Waals surface area (Å²) in [6, 6.07) is 11.3. The lowest BCUT2D eigenvalue weighted by Gasteiger charge is -2.14. The van der Waals surface area contributed by atoms with Crippen LogP contribution in [0.1, 0.15) is 16.1 Å². The van der Waals surface area contributed by atoms with E-state index >= 15 is 0 Å². The number of halogens is 3. The zero-order chi connectivity index (χ0) is 24.3. The molecular weight excluding hydrogens is 451 g/mol. The van der Waals surface area contributed by atoms with Gasteiger partial charge in [-0.2, -0.15) is 13.2 Å². The minimum absolute atomic E-state index is 0.0845. The summed E-state index contributed by atoms with van der Waals surface area (Å²) in [7, 11) is 2.87. The Morgan fingerprint density at radius 3 is 2.53 bits per heavy atom. The average molecular weight is 469 g/mol. The molecule has 0 aliphatic carbocycles. The third-order valence-corrected chi connectivity index (χ3v) is 4.75. The number of hydrogen-bond acceptors (Lipinski definition) is 7. The maximum atomic E-state index is 13.1. The molecule has 0 atom stereocenters. The number of nitrogens with one attached hydrogen (secondary N) is 2. The predicted molar refractivity (Wildman–Crippen MR) is 119 cm³/mol. The Hall–Kier alpha value is -4.41. The lowest BCUT2D eigenvalue weighted by atomic mass is 10.2. The van der Waals surface area contributed by atoms with Gasteiger partial charge in [0, 0.05) is 30.9 Å². The molecule has 2 aromatic heterocycles. The number of anilines is 2. The lowest BCUT2D eigenvalue weighted by Crippen LogP contribution is -2.18. The van der Waals surface area contributed by atoms with Gasteiger partial charge < -0.3 is 20.1 Å². The highest BCUT2D eigenvalue weighted by Crippen LogP contribution is 2.36. The van der Waals surface area contributed by atoms with Crippen LogP contribution in [-0.4, -0.2) is 35.0 Å². The maximum absolute atomic E-state index is 13.1. The third kappa shape index (κ3) is 4.98. The van der Waals surface area contributed by atoms with Crippen LogP contribution in [0.2, 0.25) is 0 Å². The molecular formula is C23H18F3N5O3. The first-order valence-electron chi connectivity index (χ1n) is 9.92. The van der Waals surface area contributed by atoms with Crippen molar-refractivity contribution >= 4 is 28.4 Å². The molecule has 2 N–H and O–H groups in total. The van der Waals surface area contributed by atoms with Crippen LogP contribution in [0, 0.1) is 0 Å². The van der Waals surface area contributed by atoms with Crippen molar-refractivity contribution in [1.29, 1.82) is 0 Å². The van der Waals surface area contributed by atoms with Gasteiger partial charge in [-0.25, -0.2) is 9.97 Å². The monoisotopic (exact) mass is 469 g/mol. The van der Waals surface area contributed by atoms with E-state index in [9.17, 15) is 18.0 Å². The molecule has 0 bridgehead atoms. The molecule has 0 aliphatic heterocycles. The fourth-order valence-corrected chi connectivity index (χ4v) is 3.10.